The van der Waals surface area contributed by atoms with Gasteiger partial charge in [-0.1, -0.05) is 0 Å². The number of non-ortho nitro benzene ring substituents is 1. The number of nitrogens with zero attached hydrogens (tertiary/aromatic N) is 2. The van der Waals surface area contributed by atoms with Crippen LogP contribution in [-0.2, 0) is 9.53 Å². The highest BCUT2D eigenvalue weighted by atomic mass is 16.6. The van der Waals surface area contributed by atoms with E-state index in [0.717, 1.165) is 12.1 Å². The van der Waals surface area contributed by atoms with Gasteiger partial charge < -0.3 is 9.47 Å². The molecule has 0 saturated heterocycles. The summed E-state index contributed by atoms with van der Waals surface area (Å²) in [5.74, 6) is -0.867. The second-order valence-corrected chi connectivity index (χ2v) is 3.72. The van der Waals surface area contributed by atoms with Crippen LogP contribution in [0.3, 0.4) is 0 Å². The molecule has 9 nitrogen and oxygen atoms in total. The summed E-state index contributed by atoms with van der Waals surface area (Å²) in [4.78, 5) is 31.2. The van der Waals surface area contributed by atoms with Crippen molar-refractivity contribution >= 4 is 17.3 Å². The fourth-order valence-corrected chi connectivity index (χ4v) is 1.50. The predicted molar refractivity (Wildman–Crippen MR) is 66.6 cm³/mol. The van der Waals surface area contributed by atoms with Crippen molar-refractivity contribution in [1.82, 2.24) is 0 Å². The highest BCUT2D eigenvalue weighted by Gasteiger charge is 2.24. The number of carbonyl (C=O) groups excluding carboxylic acids is 1. The zero-order valence-electron chi connectivity index (χ0n) is 10.8. The molecule has 108 valence electrons. The summed E-state index contributed by atoms with van der Waals surface area (Å²) in [6.45, 7) is 2.68. The van der Waals surface area contributed by atoms with Gasteiger partial charge in [-0.25, -0.2) is 4.79 Å². The Morgan fingerprint density at radius 2 is 1.90 bits per heavy atom. The van der Waals surface area contributed by atoms with Crippen molar-refractivity contribution < 1.29 is 24.1 Å². The molecule has 0 spiro atoms. The lowest BCUT2D eigenvalue weighted by Gasteiger charge is -2.08. The summed E-state index contributed by atoms with van der Waals surface area (Å²) in [6.07, 6.45) is 0. The minimum absolute atomic E-state index is 0.156. The molecular formula is C11H12N2O7. The second-order valence-electron chi connectivity index (χ2n) is 3.72. The van der Waals surface area contributed by atoms with E-state index < -0.39 is 33.8 Å². The Bertz CT molecular complexity index is 556. The molecule has 0 amide bonds. The van der Waals surface area contributed by atoms with E-state index in [4.69, 9.17) is 4.74 Å². The van der Waals surface area contributed by atoms with Gasteiger partial charge in [0.2, 0.25) is 5.75 Å². The van der Waals surface area contributed by atoms with Crippen molar-refractivity contribution in [2.24, 2.45) is 0 Å². The summed E-state index contributed by atoms with van der Waals surface area (Å²) < 4.78 is 9.66. The van der Waals surface area contributed by atoms with Crippen LogP contribution in [0.2, 0.25) is 0 Å². The molecule has 0 radical (unpaired) electrons. The molecular weight excluding hydrogens is 272 g/mol. The average Bonchev–Trinajstić information content (AvgIpc) is 2.36. The molecule has 0 N–H and O–H groups in total. The number of rotatable bonds is 6. The third-order valence-electron chi connectivity index (χ3n) is 2.29. The number of hydrogen-bond donors (Lipinski definition) is 0. The first-order valence-electron chi connectivity index (χ1n) is 5.58. The van der Waals surface area contributed by atoms with Gasteiger partial charge in [0, 0.05) is 11.6 Å². The Labute approximate surface area is 113 Å². The number of benzene rings is 1. The van der Waals surface area contributed by atoms with Gasteiger partial charge in [-0.2, -0.15) is 0 Å². The van der Waals surface area contributed by atoms with Gasteiger partial charge in [-0.05, 0) is 13.8 Å². The van der Waals surface area contributed by atoms with Crippen molar-refractivity contribution in [3.8, 4) is 5.75 Å². The van der Waals surface area contributed by atoms with Gasteiger partial charge in [-0.3, -0.25) is 20.2 Å². The molecule has 0 bridgehead atoms. The van der Waals surface area contributed by atoms with E-state index in [1.807, 2.05) is 0 Å². The monoisotopic (exact) mass is 284 g/mol. The van der Waals surface area contributed by atoms with E-state index in [-0.39, 0.29) is 17.9 Å². The van der Waals surface area contributed by atoms with E-state index >= 15 is 0 Å². The number of aryl methyl sites for hydroxylation is 1. The van der Waals surface area contributed by atoms with E-state index in [0.29, 0.717) is 0 Å². The fourth-order valence-electron chi connectivity index (χ4n) is 1.50. The molecule has 0 atom stereocenters. The number of nitro benzene ring substituents is 2. The SMILES string of the molecule is CCOC(=O)COc1c(C)cc([N+](=O)[O-])cc1[N+](=O)[O-]. The van der Waals surface area contributed by atoms with Crippen LogP contribution < -0.4 is 4.74 Å². The van der Waals surface area contributed by atoms with E-state index in [1.165, 1.54) is 6.92 Å². The second kappa shape index (κ2) is 6.45. The van der Waals surface area contributed by atoms with E-state index in [9.17, 15) is 25.0 Å². The Balaban J connectivity index is 3.08. The highest BCUT2D eigenvalue weighted by Crippen LogP contribution is 2.34. The number of hydrogen-bond acceptors (Lipinski definition) is 7. The third-order valence-corrected chi connectivity index (χ3v) is 2.29. The van der Waals surface area contributed by atoms with Crippen molar-refractivity contribution in [2.75, 3.05) is 13.2 Å². The quantitative estimate of drug-likeness (QED) is 0.443. The Morgan fingerprint density at radius 1 is 1.25 bits per heavy atom. The minimum Gasteiger partial charge on any atom is -0.475 e. The standard InChI is InChI=1S/C11H12N2O7/c1-3-19-10(14)6-20-11-7(2)4-8(12(15)16)5-9(11)13(17)18/h4-5H,3,6H2,1-2H3. The normalized spacial score (nSPS) is 9.90. The van der Waals surface area contributed by atoms with Crippen molar-refractivity contribution in [2.45, 2.75) is 13.8 Å². The molecule has 0 aliphatic rings. The van der Waals surface area contributed by atoms with Gasteiger partial charge in [0.15, 0.2) is 6.61 Å². The number of nitro groups is 2. The molecule has 1 aromatic rings. The van der Waals surface area contributed by atoms with Gasteiger partial charge >= 0.3 is 11.7 Å². The topological polar surface area (TPSA) is 122 Å². The van der Waals surface area contributed by atoms with Gasteiger partial charge in [0.1, 0.15) is 0 Å². The van der Waals surface area contributed by atoms with Crippen LogP contribution in [0, 0.1) is 27.2 Å². The fraction of sp³-hybridized carbons (Fsp3) is 0.364. The molecule has 0 aromatic heterocycles. The molecule has 0 fully saturated rings. The molecule has 0 saturated carbocycles. The lowest BCUT2D eigenvalue weighted by molar-refractivity contribution is -0.394. The number of carbonyl (C=O) groups is 1. The zero-order valence-corrected chi connectivity index (χ0v) is 10.8. The molecule has 0 unspecified atom stereocenters. The summed E-state index contributed by atoms with van der Waals surface area (Å²) in [7, 11) is 0. The number of ether oxygens (including phenoxy) is 2. The molecule has 0 heterocycles. The first-order valence-corrected chi connectivity index (χ1v) is 5.58. The van der Waals surface area contributed by atoms with Crippen LogP contribution in [0.4, 0.5) is 11.4 Å². The Morgan fingerprint density at radius 3 is 2.40 bits per heavy atom. The zero-order chi connectivity index (χ0) is 15.3. The molecule has 1 aromatic carbocycles. The third kappa shape index (κ3) is 3.64. The van der Waals surface area contributed by atoms with Crippen molar-refractivity contribution in [3.05, 3.63) is 37.9 Å². The van der Waals surface area contributed by atoms with Crippen molar-refractivity contribution in [3.63, 3.8) is 0 Å². The maximum absolute atomic E-state index is 11.2. The Kier molecular flexibility index (Phi) is 4.95. The number of esters is 1. The van der Waals surface area contributed by atoms with Crippen LogP contribution in [0.5, 0.6) is 5.75 Å². The van der Waals surface area contributed by atoms with Crippen LogP contribution in [-0.4, -0.2) is 29.0 Å². The highest BCUT2D eigenvalue weighted by molar-refractivity contribution is 5.71. The summed E-state index contributed by atoms with van der Waals surface area (Å²) >= 11 is 0. The Hall–Kier alpha value is -2.71. The first kappa shape index (κ1) is 15.3. The van der Waals surface area contributed by atoms with Crippen LogP contribution >= 0.6 is 0 Å². The lowest BCUT2D eigenvalue weighted by atomic mass is 10.1. The molecule has 0 aliphatic heterocycles. The first-order chi connectivity index (χ1) is 9.36. The predicted octanol–water partition coefficient (Wildman–Crippen LogP) is 1.75. The van der Waals surface area contributed by atoms with Gasteiger partial charge in [-0.15, -0.1) is 0 Å². The van der Waals surface area contributed by atoms with E-state index in [2.05, 4.69) is 4.74 Å². The molecule has 20 heavy (non-hydrogen) atoms. The van der Waals surface area contributed by atoms with Crippen LogP contribution in [0.15, 0.2) is 12.1 Å². The molecule has 9 heteroatoms. The molecule has 1 rings (SSSR count). The average molecular weight is 284 g/mol. The lowest BCUT2D eigenvalue weighted by Crippen LogP contribution is -2.15. The van der Waals surface area contributed by atoms with Crippen LogP contribution in [0.25, 0.3) is 0 Å². The van der Waals surface area contributed by atoms with Gasteiger partial charge in [0.05, 0.1) is 22.5 Å². The maximum atomic E-state index is 11.2. The molecule has 0 aliphatic carbocycles. The van der Waals surface area contributed by atoms with Gasteiger partial charge in [0.25, 0.3) is 5.69 Å². The minimum atomic E-state index is -0.805. The smallest absolute Gasteiger partial charge is 0.344 e. The van der Waals surface area contributed by atoms with Crippen molar-refractivity contribution in [1.29, 1.82) is 0 Å². The van der Waals surface area contributed by atoms with E-state index in [1.54, 1.807) is 6.92 Å². The summed E-state index contributed by atoms with van der Waals surface area (Å²) in [6, 6.07) is 1.92. The van der Waals surface area contributed by atoms with Crippen LogP contribution in [0.1, 0.15) is 12.5 Å². The maximum Gasteiger partial charge on any atom is 0.344 e. The summed E-state index contributed by atoms with van der Waals surface area (Å²) in [5.41, 5.74) is -0.797. The summed E-state index contributed by atoms with van der Waals surface area (Å²) in [5, 5.41) is 21.6. The largest absolute Gasteiger partial charge is 0.475 e.